The summed E-state index contributed by atoms with van der Waals surface area (Å²) in [6.07, 6.45) is 0. The molecule has 0 bridgehead atoms. The molecule has 0 amide bonds. The number of methoxy groups -OCH3 is 2. The van der Waals surface area contributed by atoms with E-state index in [-0.39, 0.29) is 0 Å². The zero-order valence-corrected chi connectivity index (χ0v) is 14.4. The second kappa shape index (κ2) is 6.87. The van der Waals surface area contributed by atoms with Crippen LogP contribution < -0.4 is 0 Å². The molecule has 0 saturated heterocycles. The van der Waals surface area contributed by atoms with Gasteiger partial charge in [-0.2, -0.15) is 0 Å². The maximum absolute atomic E-state index is 12.8. The zero-order chi connectivity index (χ0) is 17.8. The summed E-state index contributed by atoms with van der Waals surface area (Å²) in [6, 6.07) is 18.3. The molecule has 0 N–H and O–H groups in total. The van der Waals surface area contributed by atoms with E-state index in [0.29, 0.717) is 11.1 Å². The van der Waals surface area contributed by atoms with Gasteiger partial charge in [0.2, 0.25) is 0 Å². The second-order valence-electron chi connectivity index (χ2n) is 5.97. The van der Waals surface area contributed by atoms with E-state index < -0.39 is 22.8 Å². The fourth-order valence-electron chi connectivity index (χ4n) is 3.17. The van der Waals surface area contributed by atoms with Gasteiger partial charge in [0.05, 0.1) is 14.2 Å². The number of benzene rings is 2. The minimum atomic E-state index is -1.25. The Morgan fingerprint density at radius 1 is 0.667 bits per heavy atom. The maximum Gasteiger partial charge on any atom is 0.317 e. The van der Waals surface area contributed by atoms with Gasteiger partial charge in [-0.1, -0.05) is 60.7 Å². The number of carbonyl (C=O) groups is 2. The summed E-state index contributed by atoms with van der Waals surface area (Å²) in [6.45, 7) is 3.44. The van der Waals surface area contributed by atoms with Crippen molar-refractivity contribution in [2.24, 2.45) is 0 Å². The topological polar surface area (TPSA) is 52.6 Å². The van der Waals surface area contributed by atoms with Crippen molar-refractivity contribution in [2.45, 2.75) is 24.7 Å². The lowest BCUT2D eigenvalue weighted by atomic mass is 9.58. The van der Waals surface area contributed by atoms with Crippen molar-refractivity contribution >= 4 is 11.9 Å². The normalized spacial score (nSPS) is 15.7. The van der Waals surface area contributed by atoms with Crippen LogP contribution in [0, 0.1) is 0 Å². The van der Waals surface area contributed by atoms with Gasteiger partial charge in [-0.15, -0.1) is 0 Å². The number of ether oxygens (including phenoxy) is 2. The van der Waals surface area contributed by atoms with Crippen molar-refractivity contribution < 1.29 is 19.1 Å². The van der Waals surface area contributed by atoms with Gasteiger partial charge in [-0.05, 0) is 25.0 Å². The molecule has 0 radical (unpaired) electrons. The molecule has 2 unspecified atom stereocenters. The minimum Gasteiger partial charge on any atom is -0.468 e. The van der Waals surface area contributed by atoms with Gasteiger partial charge in [0.1, 0.15) is 10.8 Å². The van der Waals surface area contributed by atoms with Crippen LogP contribution in [0.1, 0.15) is 25.0 Å². The van der Waals surface area contributed by atoms with E-state index in [1.165, 1.54) is 14.2 Å². The lowest BCUT2D eigenvalue weighted by molar-refractivity contribution is -0.161. The van der Waals surface area contributed by atoms with Gasteiger partial charge < -0.3 is 9.47 Å². The first-order valence-electron chi connectivity index (χ1n) is 7.70. The van der Waals surface area contributed by atoms with Gasteiger partial charge in [-0.3, -0.25) is 9.59 Å². The Kier molecular flexibility index (Phi) is 5.07. The summed E-state index contributed by atoms with van der Waals surface area (Å²) in [5, 5.41) is 0. The van der Waals surface area contributed by atoms with E-state index in [4.69, 9.17) is 9.47 Å². The Morgan fingerprint density at radius 3 is 1.21 bits per heavy atom. The van der Waals surface area contributed by atoms with Crippen molar-refractivity contribution in [3.05, 3.63) is 71.8 Å². The average Bonchev–Trinajstić information content (AvgIpc) is 2.66. The molecule has 126 valence electrons. The van der Waals surface area contributed by atoms with E-state index in [1.54, 1.807) is 13.8 Å². The minimum absolute atomic E-state index is 0.495. The van der Waals surface area contributed by atoms with Crippen LogP contribution in [0.2, 0.25) is 0 Å². The molecular weight excluding hydrogens is 304 g/mol. The second-order valence-corrected chi connectivity index (χ2v) is 5.97. The molecular formula is C20H22O4. The monoisotopic (exact) mass is 326 g/mol. The molecule has 2 aromatic rings. The smallest absolute Gasteiger partial charge is 0.317 e. The highest BCUT2D eigenvalue weighted by atomic mass is 16.5. The van der Waals surface area contributed by atoms with Crippen LogP contribution in [0.5, 0.6) is 0 Å². The molecule has 2 rings (SSSR count). The van der Waals surface area contributed by atoms with Gasteiger partial charge in [-0.25, -0.2) is 0 Å². The molecule has 0 aliphatic carbocycles. The Bertz CT molecular complexity index is 647. The van der Waals surface area contributed by atoms with Gasteiger partial charge >= 0.3 is 11.9 Å². The van der Waals surface area contributed by atoms with Crippen molar-refractivity contribution in [1.29, 1.82) is 0 Å². The van der Waals surface area contributed by atoms with Crippen LogP contribution in [-0.4, -0.2) is 26.2 Å². The molecule has 0 aliphatic rings. The predicted molar refractivity (Wildman–Crippen MR) is 91.6 cm³/mol. The summed E-state index contributed by atoms with van der Waals surface area (Å²) in [4.78, 5) is 25.7. The third kappa shape index (κ3) is 2.58. The summed E-state index contributed by atoms with van der Waals surface area (Å²) >= 11 is 0. The number of rotatable bonds is 5. The fourth-order valence-corrected chi connectivity index (χ4v) is 3.17. The largest absolute Gasteiger partial charge is 0.468 e. The van der Waals surface area contributed by atoms with E-state index in [9.17, 15) is 9.59 Å². The molecule has 0 heterocycles. The average molecular weight is 326 g/mol. The molecule has 0 saturated carbocycles. The lowest BCUT2D eigenvalue weighted by Gasteiger charge is -2.42. The van der Waals surface area contributed by atoms with Crippen LogP contribution in [0.3, 0.4) is 0 Å². The number of hydrogen-bond acceptors (Lipinski definition) is 4. The van der Waals surface area contributed by atoms with E-state index in [1.807, 2.05) is 60.7 Å². The molecule has 4 nitrogen and oxygen atoms in total. The van der Waals surface area contributed by atoms with Gasteiger partial charge in [0.25, 0.3) is 0 Å². The molecule has 0 aromatic heterocycles. The summed E-state index contributed by atoms with van der Waals surface area (Å²) in [5.74, 6) is -0.990. The Balaban J connectivity index is 2.81. The Hall–Kier alpha value is -2.62. The highest BCUT2D eigenvalue weighted by Crippen LogP contribution is 2.46. The van der Waals surface area contributed by atoms with Crippen molar-refractivity contribution in [3.8, 4) is 0 Å². The van der Waals surface area contributed by atoms with Crippen molar-refractivity contribution in [1.82, 2.24) is 0 Å². The van der Waals surface area contributed by atoms with Crippen LogP contribution in [0.15, 0.2) is 60.7 Å². The summed E-state index contributed by atoms with van der Waals surface area (Å²) in [5.41, 5.74) is -1.13. The van der Waals surface area contributed by atoms with Crippen molar-refractivity contribution in [3.63, 3.8) is 0 Å². The lowest BCUT2D eigenvalue weighted by Crippen LogP contribution is -2.56. The maximum atomic E-state index is 12.8. The first-order chi connectivity index (χ1) is 11.4. The van der Waals surface area contributed by atoms with Crippen LogP contribution >= 0.6 is 0 Å². The Morgan fingerprint density at radius 2 is 0.958 bits per heavy atom. The SMILES string of the molecule is COC(=O)C(C)(c1ccccc1)C(C)(C(=O)OC)c1ccccc1. The standard InChI is InChI=1S/C20H22O4/c1-19(17(21)23-3,15-11-7-5-8-12-15)20(2,18(22)24-4)16-13-9-6-10-14-16/h5-14H,1-4H3. The highest BCUT2D eigenvalue weighted by molar-refractivity contribution is 5.96. The summed E-state index contributed by atoms with van der Waals surface area (Å²) in [7, 11) is 2.65. The number of hydrogen-bond donors (Lipinski definition) is 0. The fraction of sp³-hybridized carbons (Fsp3) is 0.300. The third-order valence-corrected chi connectivity index (χ3v) is 4.89. The predicted octanol–water partition coefficient (Wildman–Crippen LogP) is 3.25. The van der Waals surface area contributed by atoms with Crippen molar-refractivity contribution in [2.75, 3.05) is 14.2 Å². The zero-order valence-electron chi connectivity index (χ0n) is 14.4. The van der Waals surface area contributed by atoms with Crippen LogP contribution in [0.4, 0.5) is 0 Å². The first-order valence-corrected chi connectivity index (χ1v) is 7.70. The molecule has 2 atom stereocenters. The number of esters is 2. The van der Waals surface area contributed by atoms with E-state index >= 15 is 0 Å². The Labute approximate surface area is 142 Å². The molecule has 0 aliphatic heterocycles. The van der Waals surface area contributed by atoms with Crippen LogP contribution in [-0.2, 0) is 29.9 Å². The molecule has 0 spiro atoms. The third-order valence-electron chi connectivity index (χ3n) is 4.89. The summed E-state index contributed by atoms with van der Waals surface area (Å²) < 4.78 is 10.2. The highest BCUT2D eigenvalue weighted by Gasteiger charge is 2.58. The van der Waals surface area contributed by atoms with Crippen LogP contribution in [0.25, 0.3) is 0 Å². The van der Waals surface area contributed by atoms with E-state index in [0.717, 1.165) is 0 Å². The molecule has 4 heteroatoms. The molecule has 0 fully saturated rings. The first kappa shape index (κ1) is 17.7. The van der Waals surface area contributed by atoms with Gasteiger partial charge in [0, 0.05) is 0 Å². The van der Waals surface area contributed by atoms with Gasteiger partial charge in [0.15, 0.2) is 0 Å². The molecule has 24 heavy (non-hydrogen) atoms. The van der Waals surface area contributed by atoms with E-state index in [2.05, 4.69) is 0 Å². The quantitative estimate of drug-likeness (QED) is 0.792. The number of carbonyl (C=O) groups excluding carboxylic acids is 2. The molecule has 2 aromatic carbocycles.